The molecular formula is C14H15F3N2O3S. The molecular weight excluding hydrogens is 333 g/mol. The van der Waals surface area contributed by atoms with Gasteiger partial charge in [0.15, 0.2) is 17.0 Å². The number of hydrogen-bond acceptors (Lipinski definition) is 4. The molecule has 5 nitrogen and oxygen atoms in total. The Morgan fingerprint density at radius 2 is 1.96 bits per heavy atom. The number of nitrogens with two attached hydrogens (primary N) is 1. The van der Waals surface area contributed by atoms with Gasteiger partial charge in [0.05, 0.1) is 0 Å². The Kier molecular flexibility index (Phi) is 5.53. The maximum atomic E-state index is 13.6. The Morgan fingerprint density at radius 3 is 2.61 bits per heavy atom. The number of amides is 1. The number of thioether (sulfide) groups is 1. The normalized spacial score (nSPS) is 19.0. The zero-order valence-electron chi connectivity index (χ0n) is 12.0. The van der Waals surface area contributed by atoms with E-state index in [0.717, 1.165) is 11.8 Å². The predicted molar refractivity (Wildman–Crippen MR) is 78.2 cm³/mol. The lowest BCUT2D eigenvalue weighted by Crippen LogP contribution is -2.42. The summed E-state index contributed by atoms with van der Waals surface area (Å²) in [5.41, 5.74) is 5.64. The minimum atomic E-state index is -1.30. The SMILES string of the molecule is N[C@@H](CC(=O)N1CCSC1C(=O)O)Cc1cc(F)c(F)cc1F. The van der Waals surface area contributed by atoms with Gasteiger partial charge in [-0.2, -0.15) is 0 Å². The Bertz CT molecular complexity index is 630. The van der Waals surface area contributed by atoms with Crippen LogP contribution in [0.15, 0.2) is 12.1 Å². The maximum Gasteiger partial charge on any atom is 0.337 e. The van der Waals surface area contributed by atoms with E-state index in [9.17, 15) is 22.8 Å². The molecule has 1 fully saturated rings. The van der Waals surface area contributed by atoms with Gasteiger partial charge in [-0.15, -0.1) is 11.8 Å². The van der Waals surface area contributed by atoms with Crippen molar-refractivity contribution in [3.05, 3.63) is 35.1 Å². The Morgan fingerprint density at radius 1 is 1.30 bits per heavy atom. The standard InChI is InChI=1S/C14H15F3N2O3S/c15-9-6-11(17)10(16)4-7(9)3-8(18)5-12(20)19-1-2-23-13(19)14(21)22/h4,6,8,13H,1-3,5,18H2,(H,21,22)/t8-,13?/m1/s1. The summed E-state index contributed by atoms with van der Waals surface area (Å²) in [7, 11) is 0. The number of benzene rings is 1. The van der Waals surface area contributed by atoms with Crippen molar-refractivity contribution in [3.63, 3.8) is 0 Å². The van der Waals surface area contributed by atoms with Gasteiger partial charge in [-0.3, -0.25) is 4.79 Å². The summed E-state index contributed by atoms with van der Waals surface area (Å²) in [5, 5.41) is 8.07. The Hall–Kier alpha value is -1.74. The van der Waals surface area contributed by atoms with E-state index in [2.05, 4.69) is 0 Å². The van der Waals surface area contributed by atoms with Gasteiger partial charge in [-0.25, -0.2) is 18.0 Å². The van der Waals surface area contributed by atoms with Crippen molar-refractivity contribution < 1.29 is 27.9 Å². The quantitative estimate of drug-likeness (QED) is 0.785. The molecule has 1 aliphatic rings. The molecule has 2 rings (SSSR count). The summed E-state index contributed by atoms with van der Waals surface area (Å²) < 4.78 is 39.6. The van der Waals surface area contributed by atoms with E-state index in [4.69, 9.17) is 10.8 Å². The average molecular weight is 348 g/mol. The molecule has 1 aromatic rings. The number of carbonyl (C=O) groups excluding carboxylic acids is 1. The number of carboxylic acid groups (broad SMARTS) is 1. The van der Waals surface area contributed by atoms with Crippen LogP contribution in [0.5, 0.6) is 0 Å². The highest BCUT2D eigenvalue weighted by atomic mass is 32.2. The molecule has 0 aromatic heterocycles. The van der Waals surface area contributed by atoms with Crippen molar-refractivity contribution in [3.8, 4) is 0 Å². The first-order valence-electron chi connectivity index (χ1n) is 6.82. The molecule has 1 saturated heterocycles. The van der Waals surface area contributed by atoms with Gasteiger partial charge in [0.1, 0.15) is 5.82 Å². The number of nitrogens with zero attached hydrogens (tertiary/aromatic N) is 1. The van der Waals surface area contributed by atoms with E-state index in [-0.39, 0.29) is 18.4 Å². The fourth-order valence-electron chi connectivity index (χ4n) is 2.35. The van der Waals surface area contributed by atoms with Crippen LogP contribution in [0.3, 0.4) is 0 Å². The van der Waals surface area contributed by atoms with Crippen molar-refractivity contribution in [2.45, 2.75) is 24.3 Å². The Balaban J connectivity index is 1.99. The Labute approximate surface area is 134 Å². The largest absolute Gasteiger partial charge is 0.479 e. The summed E-state index contributed by atoms with van der Waals surface area (Å²) in [5.74, 6) is -4.49. The molecule has 3 N–H and O–H groups in total. The minimum absolute atomic E-state index is 0.130. The second-order valence-electron chi connectivity index (χ2n) is 5.17. The summed E-state index contributed by atoms with van der Waals surface area (Å²) >= 11 is 1.14. The first-order chi connectivity index (χ1) is 10.8. The van der Waals surface area contributed by atoms with Crippen LogP contribution in [0.2, 0.25) is 0 Å². The van der Waals surface area contributed by atoms with Gasteiger partial charge in [0.25, 0.3) is 0 Å². The molecule has 9 heteroatoms. The number of halogens is 3. The van der Waals surface area contributed by atoms with E-state index < -0.39 is 40.7 Å². The fourth-order valence-corrected chi connectivity index (χ4v) is 3.42. The first kappa shape index (κ1) is 17.6. The van der Waals surface area contributed by atoms with Gasteiger partial charge in [0.2, 0.25) is 5.91 Å². The van der Waals surface area contributed by atoms with Crippen molar-refractivity contribution >= 4 is 23.6 Å². The van der Waals surface area contributed by atoms with E-state index in [1.807, 2.05) is 0 Å². The minimum Gasteiger partial charge on any atom is -0.479 e. The highest BCUT2D eigenvalue weighted by molar-refractivity contribution is 8.00. The maximum absolute atomic E-state index is 13.6. The zero-order valence-corrected chi connectivity index (χ0v) is 12.8. The highest BCUT2D eigenvalue weighted by Gasteiger charge is 2.35. The third kappa shape index (κ3) is 4.17. The molecule has 2 atom stereocenters. The van der Waals surface area contributed by atoms with Crippen LogP contribution in [-0.2, 0) is 16.0 Å². The second kappa shape index (κ2) is 7.22. The lowest BCUT2D eigenvalue weighted by atomic mass is 10.0. The zero-order chi connectivity index (χ0) is 17.1. The van der Waals surface area contributed by atoms with Gasteiger partial charge < -0.3 is 15.7 Å². The van der Waals surface area contributed by atoms with Gasteiger partial charge in [-0.05, 0) is 18.1 Å². The van der Waals surface area contributed by atoms with Crippen LogP contribution in [0.4, 0.5) is 13.2 Å². The van der Waals surface area contributed by atoms with Crippen molar-refractivity contribution in [2.24, 2.45) is 5.73 Å². The molecule has 1 aromatic carbocycles. The first-order valence-corrected chi connectivity index (χ1v) is 7.87. The summed E-state index contributed by atoms with van der Waals surface area (Å²) in [6.45, 7) is 0.298. The van der Waals surface area contributed by atoms with Crippen LogP contribution in [0.1, 0.15) is 12.0 Å². The summed E-state index contributed by atoms with van der Waals surface area (Å²) in [6, 6.07) is 0.305. The van der Waals surface area contributed by atoms with Crippen LogP contribution in [0, 0.1) is 17.5 Å². The molecule has 0 aliphatic carbocycles. The van der Waals surface area contributed by atoms with E-state index >= 15 is 0 Å². The lowest BCUT2D eigenvalue weighted by molar-refractivity contribution is -0.145. The van der Waals surface area contributed by atoms with E-state index in [1.54, 1.807) is 0 Å². The summed E-state index contributed by atoms with van der Waals surface area (Å²) in [4.78, 5) is 24.3. The highest BCUT2D eigenvalue weighted by Crippen LogP contribution is 2.25. The molecule has 0 radical (unpaired) electrons. The third-order valence-electron chi connectivity index (χ3n) is 3.43. The number of carbonyl (C=O) groups is 2. The molecule has 1 unspecified atom stereocenters. The monoisotopic (exact) mass is 348 g/mol. The van der Waals surface area contributed by atoms with Crippen molar-refractivity contribution in [2.75, 3.05) is 12.3 Å². The average Bonchev–Trinajstić information content (AvgIpc) is 2.94. The predicted octanol–water partition coefficient (Wildman–Crippen LogP) is 1.35. The number of rotatable bonds is 5. The lowest BCUT2D eigenvalue weighted by Gasteiger charge is -2.22. The van der Waals surface area contributed by atoms with E-state index in [0.29, 0.717) is 24.4 Å². The molecule has 1 amide bonds. The van der Waals surface area contributed by atoms with Crippen molar-refractivity contribution in [1.82, 2.24) is 4.90 Å². The fraction of sp³-hybridized carbons (Fsp3) is 0.429. The van der Waals surface area contributed by atoms with Gasteiger partial charge in [-0.1, -0.05) is 0 Å². The molecule has 1 heterocycles. The number of carboxylic acids is 1. The topological polar surface area (TPSA) is 83.6 Å². The van der Waals surface area contributed by atoms with Crippen LogP contribution >= 0.6 is 11.8 Å². The van der Waals surface area contributed by atoms with Gasteiger partial charge in [0, 0.05) is 30.8 Å². The second-order valence-corrected chi connectivity index (χ2v) is 6.36. The smallest absolute Gasteiger partial charge is 0.337 e. The number of aliphatic carboxylic acids is 1. The van der Waals surface area contributed by atoms with Crippen LogP contribution in [0.25, 0.3) is 0 Å². The molecule has 1 aliphatic heterocycles. The molecule has 126 valence electrons. The van der Waals surface area contributed by atoms with Crippen LogP contribution in [-0.4, -0.2) is 45.6 Å². The molecule has 0 bridgehead atoms. The van der Waals surface area contributed by atoms with E-state index in [1.165, 1.54) is 4.90 Å². The molecule has 0 saturated carbocycles. The van der Waals surface area contributed by atoms with Gasteiger partial charge >= 0.3 is 5.97 Å². The molecule has 0 spiro atoms. The van der Waals surface area contributed by atoms with Crippen LogP contribution < -0.4 is 5.73 Å². The van der Waals surface area contributed by atoms with Crippen molar-refractivity contribution in [1.29, 1.82) is 0 Å². The third-order valence-corrected chi connectivity index (χ3v) is 4.62. The summed E-state index contributed by atoms with van der Waals surface area (Å²) in [6.07, 6.45) is -0.365. The molecule has 23 heavy (non-hydrogen) atoms. The number of hydrogen-bond donors (Lipinski definition) is 2.